The second-order valence-corrected chi connectivity index (χ2v) is 12.8. The van der Waals surface area contributed by atoms with Gasteiger partial charge in [0.2, 0.25) is 0 Å². The highest BCUT2D eigenvalue weighted by Gasteiger charge is 2.53. The first kappa shape index (κ1) is 18.9. The minimum absolute atomic E-state index is 0.0152. The van der Waals surface area contributed by atoms with Crippen LogP contribution in [0, 0.1) is 0 Å². The summed E-state index contributed by atoms with van der Waals surface area (Å²) in [5.41, 5.74) is 4.10. The zero-order valence-corrected chi connectivity index (χ0v) is 18.2. The quantitative estimate of drug-likeness (QED) is 0.745. The summed E-state index contributed by atoms with van der Waals surface area (Å²) in [6, 6.07) is 23.8. The van der Waals surface area contributed by atoms with Gasteiger partial charge < -0.3 is 10.6 Å². The Kier molecular flexibility index (Phi) is 4.82. The molecule has 0 spiro atoms. The van der Waals surface area contributed by atoms with Crippen LogP contribution >= 0.6 is 0 Å². The molecule has 2 heterocycles. The van der Waals surface area contributed by atoms with Crippen LogP contribution in [0.15, 0.2) is 60.7 Å². The molecule has 2 nitrogen and oxygen atoms in total. The lowest BCUT2D eigenvalue weighted by molar-refractivity contribution is 0.180. The van der Waals surface area contributed by atoms with Crippen LogP contribution in [0.25, 0.3) is 0 Å². The number of benzene rings is 2. The van der Waals surface area contributed by atoms with E-state index in [1.165, 1.54) is 30.0 Å². The van der Waals surface area contributed by atoms with Crippen LogP contribution in [0.4, 0.5) is 0 Å². The maximum absolute atomic E-state index is 4.03. The van der Waals surface area contributed by atoms with Gasteiger partial charge in [0.25, 0.3) is 0 Å². The standard InChI is InChI=1S/C24H33N2Si/c1-22(2)17-21(18-23(3,4)26-22)27-16-15-25-24(27,19-11-7-5-8-12-19)20-13-9-6-10-14-20/h5-14,21,25-26H,15-18H2,1-4H3. The van der Waals surface area contributed by atoms with Gasteiger partial charge >= 0.3 is 0 Å². The molecular formula is C24H33N2Si. The fraction of sp³-hybridized carbons (Fsp3) is 0.500. The summed E-state index contributed by atoms with van der Waals surface area (Å²) in [5, 5.41) is 7.93. The largest absolute Gasteiger partial charge is 0.307 e. The molecule has 0 aromatic heterocycles. The number of rotatable bonds is 3. The van der Waals surface area contributed by atoms with Crippen molar-refractivity contribution in [2.45, 2.75) is 68.4 Å². The van der Waals surface area contributed by atoms with Crippen molar-refractivity contribution >= 4 is 8.80 Å². The van der Waals surface area contributed by atoms with E-state index in [0.717, 1.165) is 12.1 Å². The van der Waals surface area contributed by atoms with Gasteiger partial charge in [-0.25, -0.2) is 0 Å². The van der Waals surface area contributed by atoms with E-state index in [4.69, 9.17) is 0 Å². The van der Waals surface area contributed by atoms with Crippen LogP contribution in [0.1, 0.15) is 51.7 Å². The monoisotopic (exact) mass is 377 g/mol. The Morgan fingerprint density at radius 2 is 1.26 bits per heavy atom. The molecule has 0 bridgehead atoms. The number of nitrogens with one attached hydrogen (secondary N) is 2. The predicted molar refractivity (Wildman–Crippen MR) is 117 cm³/mol. The van der Waals surface area contributed by atoms with E-state index in [9.17, 15) is 0 Å². The zero-order chi connectivity index (χ0) is 19.1. The van der Waals surface area contributed by atoms with Crippen LogP contribution in [-0.4, -0.2) is 26.4 Å². The van der Waals surface area contributed by atoms with Gasteiger partial charge in [0, 0.05) is 11.1 Å². The molecule has 2 aromatic rings. The molecule has 2 aliphatic heterocycles. The Labute approximate surface area is 166 Å². The normalized spacial score (nSPS) is 24.7. The molecule has 2 aromatic carbocycles. The zero-order valence-electron chi connectivity index (χ0n) is 17.2. The van der Waals surface area contributed by atoms with Crippen LogP contribution in [0.5, 0.6) is 0 Å². The van der Waals surface area contributed by atoms with Gasteiger partial charge in [0.1, 0.15) is 0 Å². The van der Waals surface area contributed by atoms with Crippen LogP contribution < -0.4 is 10.6 Å². The van der Waals surface area contributed by atoms with Gasteiger partial charge in [0.15, 0.2) is 0 Å². The van der Waals surface area contributed by atoms with E-state index in [0.29, 0.717) is 0 Å². The molecule has 0 amide bonds. The highest BCUT2D eigenvalue weighted by molar-refractivity contribution is 6.65. The Bertz CT molecular complexity index is 714. The van der Waals surface area contributed by atoms with Gasteiger partial charge in [0.05, 0.1) is 14.0 Å². The SMILES string of the molecule is CC1(C)CC([Si]2CCNC2(c2ccccc2)c2ccccc2)CC(C)(C)N1. The summed E-state index contributed by atoms with van der Waals surface area (Å²) in [4.78, 5) is 0. The van der Waals surface area contributed by atoms with E-state index >= 15 is 0 Å². The summed E-state index contributed by atoms with van der Waals surface area (Å²) in [6.07, 6.45) is 2.54. The Morgan fingerprint density at radius 3 is 1.74 bits per heavy atom. The third-order valence-corrected chi connectivity index (χ3v) is 10.3. The lowest BCUT2D eigenvalue weighted by atomic mass is 9.82. The van der Waals surface area contributed by atoms with E-state index in [1.54, 1.807) is 0 Å². The van der Waals surface area contributed by atoms with E-state index in [2.05, 4.69) is 99.0 Å². The van der Waals surface area contributed by atoms with Gasteiger partial charge in [-0.3, -0.25) is 0 Å². The topological polar surface area (TPSA) is 24.1 Å². The summed E-state index contributed by atoms with van der Waals surface area (Å²) in [6.45, 7) is 10.7. The first-order valence-corrected chi connectivity index (χ1v) is 12.1. The molecule has 0 aliphatic carbocycles. The molecular weight excluding hydrogens is 344 g/mol. The van der Waals surface area contributed by atoms with Crippen molar-refractivity contribution in [1.82, 2.24) is 10.6 Å². The van der Waals surface area contributed by atoms with E-state index in [-0.39, 0.29) is 16.2 Å². The van der Waals surface area contributed by atoms with Gasteiger partial charge in [-0.2, -0.15) is 0 Å². The molecule has 0 atom stereocenters. The maximum atomic E-state index is 4.03. The van der Waals surface area contributed by atoms with Crippen LogP contribution in [0.2, 0.25) is 11.6 Å². The predicted octanol–water partition coefficient (Wildman–Crippen LogP) is 4.88. The lowest BCUT2D eigenvalue weighted by Crippen LogP contribution is -2.61. The third kappa shape index (κ3) is 3.53. The Balaban J connectivity index is 1.82. The number of piperidine rings is 1. The van der Waals surface area contributed by atoms with Crippen molar-refractivity contribution in [3.8, 4) is 0 Å². The van der Waals surface area contributed by atoms with Gasteiger partial charge in [-0.15, -0.1) is 0 Å². The number of hydrogen-bond donors (Lipinski definition) is 2. The lowest BCUT2D eigenvalue weighted by Gasteiger charge is -2.50. The fourth-order valence-electron chi connectivity index (χ4n) is 5.88. The fourth-order valence-corrected chi connectivity index (χ4v) is 10.6. The summed E-state index contributed by atoms with van der Waals surface area (Å²) < 4.78 is 0. The van der Waals surface area contributed by atoms with Crippen molar-refractivity contribution in [2.24, 2.45) is 0 Å². The van der Waals surface area contributed by atoms with Crippen molar-refractivity contribution in [1.29, 1.82) is 0 Å². The third-order valence-electron chi connectivity index (χ3n) is 6.36. The van der Waals surface area contributed by atoms with E-state index < -0.39 is 8.80 Å². The van der Waals surface area contributed by atoms with E-state index in [1.807, 2.05) is 0 Å². The molecule has 0 unspecified atom stereocenters. The summed E-state index contributed by atoms with van der Waals surface area (Å²) in [7, 11) is -0.707. The molecule has 2 aliphatic rings. The van der Waals surface area contributed by atoms with Crippen molar-refractivity contribution < 1.29 is 0 Å². The number of hydrogen-bond acceptors (Lipinski definition) is 2. The summed E-state index contributed by atoms with van der Waals surface area (Å²) >= 11 is 0. The average molecular weight is 378 g/mol. The minimum Gasteiger partial charge on any atom is -0.307 e. The average Bonchev–Trinajstić information content (AvgIpc) is 3.07. The molecule has 1 radical (unpaired) electrons. The smallest absolute Gasteiger partial charge is 0.0897 e. The molecule has 2 fully saturated rings. The molecule has 143 valence electrons. The Morgan fingerprint density at radius 1 is 0.778 bits per heavy atom. The second-order valence-electron chi connectivity index (χ2n) is 9.68. The summed E-state index contributed by atoms with van der Waals surface area (Å²) in [5.74, 6) is 0. The van der Waals surface area contributed by atoms with Gasteiger partial charge in [-0.05, 0) is 69.8 Å². The molecule has 27 heavy (non-hydrogen) atoms. The highest BCUT2D eigenvalue weighted by Crippen LogP contribution is 2.48. The first-order valence-electron chi connectivity index (χ1n) is 10.3. The van der Waals surface area contributed by atoms with Gasteiger partial charge in [-0.1, -0.05) is 60.7 Å². The minimum atomic E-state index is -0.707. The van der Waals surface area contributed by atoms with Crippen molar-refractivity contribution in [2.75, 3.05) is 6.54 Å². The van der Waals surface area contributed by atoms with Crippen molar-refractivity contribution in [3.05, 3.63) is 71.8 Å². The molecule has 3 heteroatoms. The maximum Gasteiger partial charge on any atom is 0.0897 e. The molecule has 2 saturated heterocycles. The molecule has 2 N–H and O–H groups in total. The first-order chi connectivity index (χ1) is 12.8. The second kappa shape index (κ2) is 6.88. The Hall–Kier alpha value is -1.42. The van der Waals surface area contributed by atoms with Crippen molar-refractivity contribution in [3.63, 3.8) is 0 Å². The molecule has 4 rings (SSSR count). The van der Waals surface area contributed by atoms with Crippen LogP contribution in [0.3, 0.4) is 0 Å². The highest BCUT2D eigenvalue weighted by atomic mass is 28.3. The molecule has 0 saturated carbocycles. The van der Waals surface area contributed by atoms with Crippen LogP contribution in [-0.2, 0) is 5.16 Å².